The number of aromatic nitrogens is 3. The van der Waals surface area contributed by atoms with E-state index in [1.54, 1.807) is 25.2 Å². The number of hydrogen-bond donors (Lipinski definition) is 3. The molecule has 2 fully saturated rings. The molecule has 1 saturated carbocycles. The summed E-state index contributed by atoms with van der Waals surface area (Å²) < 4.78 is 26.6. The van der Waals surface area contributed by atoms with Crippen LogP contribution in [0.1, 0.15) is 36.3 Å². The second-order valence-corrected chi connectivity index (χ2v) is 10.9. The first-order valence-electron chi connectivity index (χ1n) is 13.5. The smallest absolute Gasteiger partial charge is 0.163 e. The fourth-order valence-corrected chi connectivity index (χ4v) is 5.33. The topological polar surface area (TPSA) is 109 Å². The monoisotopic (exact) mass is 558 g/mol. The van der Waals surface area contributed by atoms with Gasteiger partial charge in [0.05, 0.1) is 28.0 Å². The molecule has 0 amide bonds. The lowest BCUT2D eigenvalue weighted by atomic mass is 10.0. The van der Waals surface area contributed by atoms with Gasteiger partial charge in [0.1, 0.15) is 36.2 Å². The molecular formula is C28H36ClFN6O3. The van der Waals surface area contributed by atoms with E-state index in [0.29, 0.717) is 70.7 Å². The number of benzene rings is 1. The minimum Gasteiger partial charge on any atom is -0.491 e. The number of hydrogen-bond acceptors (Lipinski definition) is 9. The summed E-state index contributed by atoms with van der Waals surface area (Å²) >= 11 is 6.63. The van der Waals surface area contributed by atoms with Crippen molar-refractivity contribution in [2.24, 2.45) is 0 Å². The van der Waals surface area contributed by atoms with Gasteiger partial charge >= 0.3 is 0 Å². The van der Waals surface area contributed by atoms with Gasteiger partial charge in [-0.2, -0.15) is 0 Å². The second-order valence-electron chi connectivity index (χ2n) is 10.5. The van der Waals surface area contributed by atoms with E-state index in [4.69, 9.17) is 30.8 Å². The zero-order valence-electron chi connectivity index (χ0n) is 22.8. The molecule has 3 aromatic rings. The molecule has 1 aliphatic carbocycles. The molecule has 2 aromatic heterocycles. The van der Waals surface area contributed by atoms with E-state index < -0.39 is 12.3 Å². The van der Waals surface area contributed by atoms with Crippen molar-refractivity contribution >= 4 is 17.4 Å². The summed E-state index contributed by atoms with van der Waals surface area (Å²) in [6, 6.07) is 5.39. The minimum absolute atomic E-state index is 0.116. The molecule has 9 nitrogen and oxygen atoms in total. The number of halogens is 2. The van der Waals surface area contributed by atoms with Crippen LogP contribution in [-0.2, 0) is 0 Å². The number of aliphatic hydroxyl groups excluding tert-OH is 1. The van der Waals surface area contributed by atoms with Crippen molar-refractivity contribution in [3.8, 4) is 28.4 Å². The molecular weight excluding hydrogens is 523 g/mol. The molecule has 0 unspecified atom stereocenters. The van der Waals surface area contributed by atoms with Gasteiger partial charge in [0.25, 0.3) is 0 Å². The molecule has 1 saturated heterocycles. The molecule has 3 N–H and O–H groups in total. The molecule has 11 heteroatoms. The number of rotatable bonds is 10. The number of anilines is 1. The zero-order valence-corrected chi connectivity index (χ0v) is 23.6. The highest BCUT2D eigenvalue weighted by atomic mass is 35.5. The second kappa shape index (κ2) is 11.8. The number of likely N-dealkylation sites (tertiary alicyclic amines) is 1. The third-order valence-corrected chi connectivity index (χ3v) is 7.76. The van der Waals surface area contributed by atoms with Crippen LogP contribution < -0.4 is 15.4 Å². The van der Waals surface area contributed by atoms with Gasteiger partial charge < -0.3 is 25.0 Å². The zero-order chi connectivity index (χ0) is 27.7. The third-order valence-electron chi connectivity index (χ3n) is 7.44. The van der Waals surface area contributed by atoms with Crippen LogP contribution in [0.2, 0.25) is 5.02 Å². The van der Waals surface area contributed by atoms with Crippen LogP contribution >= 0.6 is 11.6 Å². The van der Waals surface area contributed by atoms with Crippen LogP contribution in [-0.4, -0.2) is 82.8 Å². The van der Waals surface area contributed by atoms with Crippen molar-refractivity contribution < 1.29 is 18.8 Å². The Morgan fingerprint density at radius 2 is 2.03 bits per heavy atom. The van der Waals surface area contributed by atoms with Gasteiger partial charge in [0.15, 0.2) is 5.82 Å². The minimum atomic E-state index is -1.01. The first-order chi connectivity index (χ1) is 18.7. The van der Waals surface area contributed by atoms with Crippen molar-refractivity contribution in [3.05, 3.63) is 40.2 Å². The predicted octanol–water partition coefficient (Wildman–Crippen LogP) is 4.32. The Morgan fingerprint density at radius 1 is 1.23 bits per heavy atom. The van der Waals surface area contributed by atoms with Crippen LogP contribution in [0.3, 0.4) is 0 Å². The molecule has 3 heterocycles. The number of aryl methyl sites for hydroxylation is 2. The molecule has 0 radical (unpaired) electrons. The Hall–Kier alpha value is -2.79. The summed E-state index contributed by atoms with van der Waals surface area (Å²) in [4.78, 5) is 12.0. The van der Waals surface area contributed by atoms with E-state index in [2.05, 4.69) is 20.7 Å². The SMILES string of the molecule is CNC[C@@H](O)COc1ccc(Cl)c(-c2nc(N[C@H]3CCN(C4CC4)C[C@H]3F)c(C)c(-c3c(C)noc3C)n2)c1. The molecule has 210 valence electrons. The standard InChI is InChI=1S/C28H36ClFN6O3/c1-15-26(25-16(2)35-39-17(25)3)33-28(21-11-20(7-8-22(21)29)38-14-19(37)12-31-4)34-27(15)32-24-9-10-36(13-23(24)30)18-5-6-18/h7-8,11,18-19,23-24,31,37H,5-6,9-10,12-14H2,1-4H3,(H,32,33,34)/t19-,23-,24+/m1/s1. The number of likely N-dealkylation sites (N-methyl/N-ethyl adjacent to an activating group) is 1. The maximum absolute atomic E-state index is 15.3. The fraction of sp³-hybridized carbons (Fsp3) is 0.536. The van der Waals surface area contributed by atoms with Gasteiger partial charge in [-0.15, -0.1) is 0 Å². The lowest BCUT2D eigenvalue weighted by molar-refractivity contribution is 0.108. The normalized spacial score (nSPS) is 20.7. The van der Waals surface area contributed by atoms with Crippen molar-refractivity contribution in [2.75, 3.05) is 38.6 Å². The number of nitrogens with one attached hydrogen (secondary N) is 2. The summed E-state index contributed by atoms with van der Waals surface area (Å²) in [5, 5.41) is 20.9. The van der Waals surface area contributed by atoms with E-state index in [1.165, 1.54) is 0 Å². The van der Waals surface area contributed by atoms with Crippen LogP contribution in [0.25, 0.3) is 22.6 Å². The Bertz CT molecular complexity index is 1300. The van der Waals surface area contributed by atoms with E-state index in [9.17, 15) is 5.11 Å². The molecule has 5 rings (SSSR count). The summed E-state index contributed by atoms with van der Waals surface area (Å²) in [5.41, 5.74) is 3.47. The van der Waals surface area contributed by atoms with Gasteiger partial charge in [-0.1, -0.05) is 16.8 Å². The Balaban J connectivity index is 1.50. The van der Waals surface area contributed by atoms with Crippen molar-refractivity contribution in [2.45, 2.75) is 64.4 Å². The van der Waals surface area contributed by atoms with Gasteiger partial charge in [-0.05, 0) is 65.3 Å². The van der Waals surface area contributed by atoms with Crippen molar-refractivity contribution in [1.82, 2.24) is 25.3 Å². The first kappa shape index (κ1) is 27.8. The van der Waals surface area contributed by atoms with Gasteiger partial charge in [0, 0.05) is 36.8 Å². The molecule has 1 aliphatic heterocycles. The average Bonchev–Trinajstić information content (AvgIpc) is 3.71. The van der Waals surface area contributed by atoms with Gasteiger partial charge in [-0.3, -0.25) is 4.90 Å². The van der Waals surface area contributed by atoms with E-state index >= 15 is 4.39 Å². The summed E-state index contributed by atoms with van der Waals surface area (Å²) in [6.07, 6.45) is 1.35. The number of piperidine rings is 1. The lowest BCUT2D eigenvalue weighted by Gasteiger charge is -2.35. The number of nitrogens with zero attached hydrogens (tertiary/aromatic N) is 4. The highest BCUT2D eigenvalue weighted by Gasteiger charge is 2.37. The van der Waals surface area contributed by atoms with Crippen molar-refractivity contribution in [1.29, 1.82) is 0 Å². The molecule has 0 spiro atoms. The van der Waals surface area contributed by atoms with Crippen molar-refractivity contribution in [3.63, 3.8) is 0 Å². The maximum atomic E-state index is 15.3. The lowest BCUT2D eigenvalue weighted by Crippen LogP contribution is -2.48. The number of ether oxygens (including phenoxy) is 1. The van der Waals surface area contributed by atoms with E-state index in [-0.39, 0.29) is 12.6 Å². The Labute approximate surface area is 233 Å². The highest BCUT2D eigenvalue weighted by Crippen LogP contribution is 2.37. The summed E-state index contributed by atoms with van der Waals surface area (Å²) in [7, 11) is 1.77. The highest BCUT2D eigenvalue weighted by molar-refractivity contribution is 6.33. The fourth-order valence-electron chi connectivity index (χ4n) is 5.13. The summed E-state index contributed by atoms with van der Waals surface area (Å²) in [6.45, 7) is 7.44. The van der Waals surface area contributed by atoms with E-state index in [0.717, 1.165) is 30.5 Å². The maximum Gasteiger partial charge on any atom is 0.163 e. The summed E-state index contributed by atoms with van der Waals surface area (Å²) in [5.74, 6) is 2.08. The van der Waals surface area contributed by atoms with Crippen LogP contribution in [0.4, 0.5) is 10.2 Å². The third kappa shape index (κ3) is 6.19. The molecule has 1 aromatic carbocycles. The molecule has 2 aliphatic rings. The molecule has 0 bridgehead atoms. The largest absolute Gasteiger partial charge is 0.491 e. The van der Waals surface area contributed by atoms with Crippen LogP contribution in [0.5, 0.6) is 5.75 Å². The van der Waals surface area contributed by atoms with Gasteiger partial charge in [-0.25, -0.2) is 14.4 Å². The molecule has 3 atom stereocenters. The van der Waals surface area contributed by atoms with Crippen LogP contribution in [0, 0.1) is 20.8 Å². The van der Waals surface area contributed by atoms with Crippen LogP contribution in [0.15, 0.2) is 22.7 Å². The number of alkyl halides is 1. The average molecular weight is 559 g/mol. The number of aliphatic hydroxyl groups is 1. The van der Waals surface area contributed by atoms with Gasteiger partial charge in [0.2, 0.25) is 0 Å². The first-order valence-corrected chi connectivity index (χ1v) is 13.8. The Kier molecular flexibility index (Phi) is 8.37. The quantitative estimate of drug-likeness (QED) is 0.335. The predicted molar refractivity (Wildman–Crippen MR) is 149 cm³/mol. The molecule has 39 heavy (non-hydrogen) atoms. The van der Waals surface area contributed by atoms with E-state index in [1.807, 2.05) is 20.8 Å². The Morgan fingerprint density at radius 3 is 2.69 bits per heavy atom.